The minimum atomic E-state index is -0.337. The predicted octanol–water partition coefficient (Wildman–Crippen LogP) is 6.93. The average molecular weight is 524 g/mol. The van der Waals surface area contributed by atoms with Gasteiger partial charge in [0.1, 0.15) is 11.4 Å². The highest BCUT2D eigenvalue weighted by atomic mass is 32.2. The number of carbonyl (C=O) groups excluding carboxylic acids is 2. The lowest BCUT2D eigenvalue weighted by atomic mass is 9.98. The molecule has 1 spiro atoms. The Balaban J connectivity index is 1.35. The zero-order valence-corrected chi connectivity index (χ0v) is 22.3. The molecule has 2 aromatic heterocycles. The number of thiophene rings is 1. The molecule has 0 bridgehead atoms. The second-order valence-electron chi connectivity index (χ2n) is 10.3. The largest absolute Gasteiger partial charge is 0.343 e. The van der Waals surface area contributed by atoms with Crippen molar-refractivity contribution in [1.82, 2.24) is 9.97 Å². The summed E-state index contributed by atoms with van der Waals surface area (Å²) in [5.41, 5.74) is 4.24. The van der Waals surface area contributed by atoms with Gasteiger partial charge < -0.3 is 4.90 Å². The number of rotatable bonds is 5. The molecule has 4 heterocycles. The summed E-state index contributed by atoms with van der Waals surface area (Å²) in [7, 11) is 0. The summed E-state index contributed by atoms with van der Waals surface area (Å²) in [6.45, 7) is 5.42. The minimum absolute atomic E-state index is 0.122. The fourth-order valence-electron chi connectivity index (χ4n) is 5.63. The van der Waals surface area contributed by atoms with E-state index in [2.05, 4.69) is 65.1 Å². The third kappa shape index (κ3) is 3.44. The number of hydrogen-bond donors (Lipinski definition) is 0. The van der Waals surface area contributed by atoms with Crippen LogP contribution in [0.5, 0.6) is 0 Å². The van der Waals surface area contributed by atoms with E-state index in [1.165, 1.54) is 49.5 Å². The van der Waals surface area contributed by atoms with Crippen molar-refractivity contribution in [2.45, 2.75) is 31.4 Å². The number of hydrogen-bond acceptors (Lipinski definition) is 7. The van der Waals surface area contributed by atoms with E-state index >= 15 is 0 Å². The van der Waals surface area contributed by atoms with Crippen molar-refractivity contribution in [3.05, 3.63) is 89.2 Å². The van der Waals surface area contributed by atoms with Gasteiger partial charge in [0.05, 0.1) is 10.3 Å². The Labute approximate surface area is 223 Å². The molecule has 0 N–H and O–H groups in total. The SMILES string of the molecule is CC(C)CCCN1/C(=C\C=C2C(=O)c3nccnc3C2=O)C2(CS2)c2cc3sc4ccccc4c3cc21. The van der Waals surface area contributed by atoms with Gasteiger partial charge in [0.2, 0.25) is 11.6 Å². The van der Waals surface area contributed by atoms with Gasteiger partial charge in [0, 0.05) is 61.8 Å². The number of thioether (sulfide) groups is 1. The molecule has 1 saturated heterocycles. The lowest BCUT2D eigenvalue weighted by Crippen LogP contribution is -2.24. The maximum absolute atomic E-state index is 12.9. The summed E-state index contributed by atoms with van der Waals surface area (Å²) in [5, 5.41) is 2.59. The Hall–Kier alpha value is -3.29. The number of benzene rings is 2. The smallest absolute Gasteiger partial charge is 0.217 e. The number of fused-ring (bicyclic) bond motifs is 6. The molecule has 0 saturated carbocycles. The number of anilines is 1. The van der Waals surface area contributed by atoms with Gasteiger partial charge in [-0.3, -0.25) is 9.59 Å². The average Bonchev–Trinajstić information content (AvgIpc) is 3.49. The predicted molar refractivity (Wildman–Crippen MR) is 152 cm³/mol. The van der Waals surface area contributed by atoms with Crippen LogP contribution in [0.1, 0.15) is 53.2 Å². The standard InChI is InChI=1S/C30H25N3O2S2/c1-17(2)6-5-13-33-22-14-20-18-7-3-4-8-23(18)37-24(20)15-21(22)30(16-36-30)25(33)10-9-19-28(34)26-27(29(19)35)32-12-11-31-26/h3-4,7-12,14-15,17H,5-6,13,16H2,1-2H3/b25-10-. The summed E-state index contributed by atoms with van der Waals surface area (Å²) in [4.78, 5) is 36.5. The molecule has 7 rings (SSSR count). The van der Waals surface area contributed by atoms with Crippen molar-refractivity contribution >= 4 is 60.5 Å². The van der Waals surface area contributed by atoms with Crippen molar-refractivity contribution in [3.8, 4) is 0 Å². The van der Waals surface area contributed by atoms with Crippen LogP contribution in [0, 0.1) is 5.92 Å². The second-order valence-corrected chi connectivity index (χ2v) is 12.7. The zero-order chi connectivity index (χ0) is 25.3. The summed E-state index contributed by atoms with van der Waals surface area (Å²) >= 11 is 3.78. The van der Waals surface area contributed by atoms with Crippen molar-refractivity contribution in [2.24, 2.45) is 5.92 Å². The summed E-state index contributed by atoms with van der Waals surface area (Å²) in [6, 6.07) is 13.4. The molecule has 37 heavy (non-hydrogen) atoms. The molecule has 1 fully saturated rings. The first-order valence-electron chi connectivity index (χ1n) is 12.7. The quantitative estimate of drug-likeness (QED) is 0.161. The van der Waals surface area contributed by atoms with Crippen LogP contribution in [0.15, 0.2) is 72.2 Å². The highest BCUT2D eigenvalue weighted by Gasteiger charge is 2.57. The molecule has 4 aromatic rings. The van der Waals surface area contributed by atoms with E-state index in [9.17, 15) is 9.59 Å². The zero-order valence-electron chi connectivity index (χ0n) is 20.7. The van der Waals surface area contributed by atoms with Gasteiger partial charge in [-0.25, -0.2) is 9.97 Å². The fourth-order valence-corrected chi connectivity index (χ4v) is 7.85. The normalized spacial score (nSPS) is 21.2. The monoisotopic (exact) mass is 523 g/mol. The van der Waals surface area contributed by atoms with Gasteiger partial charge in [-0.2, -0.15) is 0 Å². The Morgan fingerprint density at radius 3 is 2.43 bits per heavy atom. The van der Waals surface area contributed by atoms with E-state index in [-0.39, 0.29) is 33.3 Å². The van der Waals surface area contributed by atoms with Crippen LogP contribution in [-0.2, 0) is 4.75 Å². The first kappa shape index (κ1) is 22.9. The lowest BCUT2D eigenvalue weighted by Gasteiger charge is -2.23. The number of Topliss-reactive ketones (excluding diaryl/α,β-unsaturated/α-hetero) is 2. The van der Waals surface area contributed by atoms with Gasteiger partial charge in [-0.05, 0) is 49.1 Å². The van der Waals surface area contributed by atoms with E-state index in [0.29, 0.717) is 5.92 Å². The van der Waals surface area contributed by atoms with Crippen molar-refractivity contribution in [2.75, 3.05) is 17.2 Å². The molecule has 3 aliphatic rings. The van der Waals surface area contributed by atoms with E-state index in [1.807, 2.05) is 29.2 Å². The van der Waals surface area contributed by atoms with E-state index in [0.717, 1.165) is 25.1 Å². The molecule has 1 atom stereocenters. The maximum atomic E-state index is 12.9. The van der Waals surface area contributed by atoms with Crippen LogP contribution in [0.4, 0.5) is 5.69 Å². The fraction of sp³-hybridized carbons (Fsp3) is 0.267. The molecule has 1 aliphatic carbocycles. The lowest BCUT2D eigenvalue weighted by molar-refractivity contribution is 0.0986. The highest BCUT2D eigenvalue weighted by Crippen LogP contribution is 2.66. The van der Waals surface area contributed by atoms with Gasteiger partial charge >= 0.3 is 0 Å². The third-order valence-corrected chi connectivity index (χ3v) is 9.98. The molecule has 0 radical (unpaired) electrons. The van der Waals surface area contributed by atoms with Crippen LogP contribution in [-0.4, -0.2) is 33.8 Å². The maximum Gasteiger partial charge on any atom is 0.217 e. The van der Waals surface area contributed by atoms with Crippen LogP contribution < -0.4 is 4.90 Å². The molecular formula is C30H25N3O2S2. The number of allylic oxidation sites excluding steroid dienone is 3. The first-order chi connectivity index (χ1) is 18.0. The minimum Gasteiger partial charge on any atom is -0.343 e. The highest BCUT2D eigenvalue weighted by molar-refractivity contribution is 8.07. The summed E-state index contributed by atoms with van der Waals surface area (Å²) in [5.74, 6) is 0.959. The number of carbonyl (C=O) groups is 2. The van der Waals surface area contributed by atoms with Crippen LogP contribution in [0.2, 0.25) is 0 Å². The van der Waals surface area contributed by atoms with Crippen LogP contribution in [0.3, 0.4) is 0 Å². The number of ketones is 2. The Morgan fingerprint density at radius 2 is 1.73 bits per heavy atom. The van der Waals surface area contributed by atoms with Gasteiger partial charge in [-0.15, -0.1) is 23.1 Å². The topological polar surface area (TPSA) is 63.2 Å². The van der Waals surface area contributed by atoms with E-state index in [1.54, 1.807) is 6.08 Å². The molecule has 0 amide bonds. The number of aromatic nitrogens is 2. The van der Waals surface area contributed by atoms with E-state index in [4.69, 9.17) is 0 Å². The summed E-state index contributed by atoms with van der Waals surface area (Å²) in [6.07, 6.45) is 8.86. The second kappa shape index (κ2) is 8.36. The Morgan fingerprint density at radius 1 is 1.00 bits per heavy atom. The molecule has 184 valence electrons. The van der Waals surface area contributed by atoms with Gasteiger partial charge in [-0.1, -0.05) is 32.0 Å². The van der Waals surface area contributed by atoms with Crippen molar-refractivity contribution in [1.29, 1.82) is 0 Å². The Bertz CT molecular complexity index is 1660. The Kier molecular flexibility index (Phi) is 5.17. The molecule has 2 aliphatic heterocycles. The van der Waals surface area contributed by atoms with E-state index < -0.39 is 0 Å². The molecule has 5 nitrogen and oxygen atoms in total. The third-order valence-electron chi connectivity index (χ3n) is 7.55. The first-order valence-corrected chi connectivity index (χ1v) is 14.5. The van der Waals surface area contributed by atoms with Crippen molar-refractivity contribution in [3.63, 3.8) is 0 Å². The van der Waals surface area contributed by atoms with Gasteiger partial charge in [0.25, 0.3) is 0 Å². The van der Waals surface area contributed by atoms with Crippen LogP contribution in [0.25, 0.3) is 20.2 Å². The van der Waals surface area contributed by atoms with Crippen molar-refractivity contribution < 1.29 is 9.59 Å². The molecule has 2 aromatic carbocycles. The number of nitrogens with zero attached hydrogens (tertiary/aromatic N) is 3. The van der Waals surface area contributed by atoms with Crippen LogP contribution >= 0.6 is 23.1 Å². The molecular weight excluding hydrogens is 498 g/mol. The molecule has 1 unspecified atom stereocenters. The summed E-state index contributed by atoms with van der Waals surface area (Å²) < 4.78 is 2.50. The van der Waals surface area contributed by atoms with Gasteiger partial charge in [0.15, 0.2) is 0 Å². The molecule has 7 heteroatoms.